The Morgan fingerprint density at radius 2 is 1.36 bits per heavy atom. The number of hydrogen-bond acceptors (Lipinski definition) is 14. The molecule has 0 saturated carbocycles. The highest BCUT2D eigenvalue weighted by Gasteiger charge is 2.40. The zero-order valence-electron chi connectivity index (χ0n) is 35.4. The lowest BCUT2D eigenvalue weighted by molar-refractivity contribution is -0.146. The molecule has 3 N–H and O–H groups in total. The molecule has 2 aromatic rings. The van der Waals surface area contributed by atoms with E-state index in [9.17, 15) is 42.3 Å². The molecule has 0 fully saturated rings. The maximum absolute atomic E-state index is 14.6. The number of ketones is 1. The molecular weight excluding hydrogens is 774 g/mol. The van der Waals surface area contributed by atoms with Crippen LogP contribution >= 0.6 is 0 Å². The monoisotopic (exact) mass is 830 g/mol. The number of esters is 5. The lowest BCUT2D eigenvalue weighted by atomic mass is 9.78. The number of aldehydes is 1. The van der Waals surface area contributed by atoms with Crippen molar-refractivity contribution in [3.63, 3.8) is 0 Å². The van der Waals surface area contributed by atoms with Crippen molar-refractivity contribution in [2.75, 3.05) is 34.0 Å². The molecular formula is C43H56F2N2O12. The highest BCUT2D eigenvalue weighted by Crippen LogP contribution is 2.41. The van der Waals surface area contributed by atoms with Gasteiger partial charge in [-0.3, -0.25) is 19.2 Å². The number of dihydropyridines is 1. The molecule has 59 heavy (non-hydrogen) atoms. The van der Waals surface area contributed by atoms with Crippen LogP contribution in [0.25, 0.3) is 0 Å². The van der Waals surface area contributed by atoms with E-state index in [0.717, 1.165) is 0 Å². The van der Waals surface area contributed by atoms with Gasteiger partial charge in [0.2, 0.25) is 0 Å². The fourth-order valence-corrected chi connectivity index (χ4v) is 5.35. The summed E-state index contributed by atoms with van der Waals surface area (Å²) in [6, 6.07) is 9.03. The zero-order chi connectivity index (χ0) is 45.2. The van der Waals surface area contributed by atoms with E-state index in [2.05, 4.69) is 14.8 Å². The summed E-state index contributed by atoms with van der Waals surface area (Å²) < 4.78 is 51.6. The highest BCUT2D eigenvalue weighted by molar-refractivity contribution is 6.00. The van der Waals surface area contributed by atoms with E-state index in [1.807, 2.05) is 6.92 Å². The van der Waals surface area contributed by atoms with E-state index in [0.29, 0.717) is 65.8 Å². The predicted molar refractivity (Wildman–Crippen MR) is 214 cm³/mol. The van der Waals surface area contributed by atoms with Crippen LogP contribution in [0.4, 0.5) is 8.78 Å². The first-order chi connectivity index (χ1) is 27.9. The van der Waals surface area contributed by atoms with E-state index >= 15 is 0 Å². The molecule has 0 aliphatic carbocycles. The molecule has 16 heteroatoms. The van der Waals surface area contributed by atoms with Crippen LogP contribution in [0, 0.1) is 11.6 Å². The number of carbonyl (C=O) groups is 7. The second-order valence-electron chi connectivity index (χ2n) is 12.2. The normalized spacial score (nSPS) is 13.0. The Balaban J connectivity index is 0.000000939. The topological polar surface area (TPSA) is 204 Å². The van der Waals surface area contributed by atoms with E-state index in [1.54, 1.807) is 53.7 Å². The van der Waals surface area contributed by atoms with Crippen molar-refractivity contribution in [1.29, 1.82) is 0 Å². The minimum absolute atomic E-state index is 0.0709. The number of nitrogens with two attached hydrogens (primary N) is 1. The van der Waals surface area contributed by atoms with Crippen molar-refractivity contribution in [2.45, 2.75) is 87.0 Å². The predicted octanol–water partition coefficient (Wildman–Crippen LogP) is 6.04. The number of rotatable bonds is 14. The van der Waals surface area contributed by atoms with Crippen LogP contribution in [0.5, 0.6) is 0 Å². The van der Waals surface area contributed by atoms with Crippen molar-refractivity contribution < 1.29 is 66.0 Å². The minimum atomic E-state index is -0.950. The Morgan fingerprint density at radius 3 is 1.80 bits per heavy atom. The van der Waals surface area contributed by atoms with Gasteiger partial charge in [-0.1, -0.05) is 45.0 Å². The van der Waals surface area contributed by atoms with Gasteiger partial charge in [0.25, 0.3) is 0 Å². The summed E-state index contributed by atoms with van der Waals surface area (Å²) in [5.41, 5.74) is 8.26. The summed E-state index contributed by atoms with van der Waals surface area (Å²) in [4.78, 5) is 78.8. The Morgan fingerprint density at radius 1 is 0.780 bits per heavy atom. The zero-order valence-corrected chi connectivity index (χ0v) is 35.4. The first kappa shape index (κ1) is 52.8. The van der Waals surface area contributed by atoms with E-state index in [1.165, 1.54) is 51.5 Å². The lowest BCUT2D eigenvalue weighted by Gasteiger charge is -2.32. The second-order valence-corrected chi connectivity index (χ2v) is 12.2. The molecule has 324 valence electrons. The summed E-state index contributed by atoms with van der Waals surface area (Å²) >= 11 is 0. The van der Waals surface area contributed by atoms with Gasteiger partial charge in [-0.2, -0.15) is 0 Å². The molecule has 0 saturated heterocycles. The molecule has 1 aliphatic rings. The molecule has 0 aromatic heterocycles. The maximum Gasteiger partial charge on any atom is 0.336 e. The van der Waals surface area contributed by atoms with Gasteiger partial charge in [0, 0.05) is 36.4 Å². The molecule has 1 heterocycles. The molecule has 1 unspecified atom stereocenters. The van der Waals surface area contributed by atoms with Gasteiger partial charge < -0.3 is 34.7 Å². The highest BCUT2D eigenvalue weighted by atomic mass is 19.1. The Labute approximate surface area is 344 Å². The van der Waals surface area contributed by atoms with Crippen molar-refractivity contribution in [2.24, 2.45) is 5.73 Å². The van der Waals surface area contributed by atoms with Gasteiger partial charge in [0.1, 0.15) is 36.7 Å². The SMILES string of the molecule is CCOC(=O)C1=C(COC(C)=O)NC(C)=C(C(=O)OC)C1c1cccc(F)c1CC.CCOC(=O)CC(=O)CC.CCc1c(F)cccc1C=O.COC(=O)/C=C(/C)N. The average Bonchev–Trinajstić information content (AvgIpc) is 3.19. The summed E-state index contributed by atoms with van der Waals surface area (Å²) in [6.07, 6.45) is 3.13. The fraction of sp³-hybridized carbons (Fsp3) is 0.419. The van der Waals surface area contributed by atoms with Gasteiger partial charge in [-0.05, 0) is 69.4 Å². The molecule has 2 aromatic carbocycles. The second kappa shape index (κ2) is 28.2. The van der Waals surface area contributed by atoms with Gasteiger partial charge >= 0.3 is 29.8 Å². The van der Waals surface area contributed by atoms with Crippen LogP contribution in [0.3, 0.4) is 0 Å². The van der Waals surface area contributed by atoms with E-state index in [-0.39, 0.29) is 48.1 Å². The molecule has 1 atom stereocenters. The lowest BCUT2D eigenvalue weighted by Crippen LogP contribution is -2.35. The Bertz CT molecular complexity index is 1880. The van der Waals surface area contributed by atoms with Gasteiger partial charge in [-0.25, -0.2) is 23.2 Å². The number of methoxy groups -OCH3 is 2. The summed E-state index contributed by atoms with van der Waals surface area (Å²) in [7, 11) is 2.54. The molecule has 0 radical (unpaired) electrons. The molecule has 1 aliphatic heterocycles. The minimum Gasteiger partial charge on any atom is -0.466 e. The van der Waals surface area contributed by atoms with Crippen molar-refractivity contribution >= 4 is 41.9 Å². The van der Waals surface area contributed by atoms with E-state index in [4.69, 9.17) is 19.9 Å². The number of nitrogens with one attached hydrogen (secondary N) is 1. The van der Waals surface area contributed by atoms with Crippen molar-refractivity contribution in [1.82, 2.24) is 5.32 Å². The number of Topliss-reactive ketones (excluding diaryl/α,β-unsaturated/α-hetero) is 1. The Hall–Kier alpha value is -6.19. The molecule has 0 spiro atoms. The third kappa shape index (κ3) is 17.9. The number of allylic oxidation sites excluding steroid dienone is 2. The number of hydrogen-bond donors (Lipinski definition) is 2. The Kier molecular flexibility index (Phi) is 25.3. The summed E-state index contributed by atoms with van der Waals surface area (Å²) in [5, 5.41) is 2.96. The standard InChI is InChI=1S/C22H26FNO6.C9H9FO.C7H12O3.C5H9NO2/c1-6-14-15(9-8-10-16(14)23)19-18(21(26)28-5)12(3)24-17(11-30-13(4)25)20(19)22(27)29-7-2;1-2-8-7(6-11)4-3-5-9(8)10;1-3-6(8)5-7(9)10-4-2;1-4(6)3-5(7)8-2/h8-10,19,24H,6-7,11H2,1-5H3;3-6H,2H2,1H3;3-5H2,1-2H3;3H,6H2,1-2H3/b;;;4-3-. The summed E-state index contributed by atoms with van der Waals surface area (Å²) in [6.45, 7) is 13.4. The number of benzene rings is 2. The van der Waals surface area contributed by atoms with Crippen molar-refractivity contribution in [3.05, 3.63) is 105 Å². The quantitative estimate of drug-likeness (QED) is 0.0733. The van der Waals surface area contributed by atoms with Crippen LogP contribution in [0.2, 0.25) is 0 Å². The molecule has 14 nitrogen and oxygen atoms in total. The van der Waals surface area contributed by atoms with Crippen molar-refractivity contribution in [3.8, 4) is 0 Å². The molecule has 0 bridgehead atoms. The number of ether oxygens (including phenoxy) is 5. The largest absolute Gasteiger partial charge is 0.466 e. The number of carbonyl (C=O) groups excluding carboxylic acids is 7. The van der Waals surface area contributed by atoms with Crippen LogP contribution in [0.1, 0.15) is 101 Å². The molecule has 3 rings (SSSR count). The maximum atomic E-state index is 14.6. The van der Waals surface area contributed by atoms with Gasteiger partial charge in [-0.15, -0.1) is 0 Å². The summed E-state index contributed by atoms with van der Waals surface area (Å²) in [5.74, 6) is -4.49. The first-order valence-electron chi connectivity index (χ1n) is 18.7. The van der Waals surface area contributed by atoms with Crippen LogP contribution in [0.15, 0.2) is 70.7 Å². The smallest absolute Gasteiger partial charge is 0.336 e. The fourth-order valence-electron chi connectivity index (χ4n) is 5.35. The van der Waals surface area contributed by atoms with Gasteiger partial charge in [0.15, 0.2) is 0 Å². The third-order valence-corrected chi connectivity index (χ3v) is 8.01. The average molecular weight is 831 g/mol. The van der Waals surface area contributed by atoms with Crippen LogP contribution in [-0.4, -0.2) is 76.0 Å². The number of halogens is 2. The van der Waals surface area contributed by atoms with Crippen LogP contribution in [-0.2, 0) is 65.3 Å². The van der Waals surface area contributed by atoms with Gasteiger partial charge in [0.05, 0.1) is 50.2 Å². The van der Waals surface area contributed by atoms with Crippen LogP contribution < -0.4 is 11.1 Å². The third-order valence-electron chi connectivity index (χ3n) is 8.01. The van der Waals surface area contributed by atoms with E-state index < -0.39 is 41.6 Å². The first-order valence-corrected chi connectivity index (χ1v) is 18.7. The molecule has 0 amide bonds.